The fourth-order valence-electron chi connectivity index (χ4n) is 2.68. The maximum atomic E-state index is 2.41. The smallest absolute Gasteiger partial charge is 0.0567 e. The van der Waals surface area contributed by atoms with Crippen LogP contribution in [0.2, 0.25) is 24.2 Å². The van der Waals surface area contributed by atoms with Crippen molar-refractivity contribution in [3.8, 4) is 0 Å². The van der Waals surface area contributed by atoms with Crippen molar-refractivity contribution in [3.63, 3.8) is 0 Å². The third kappa shape index (κ3) is 5.42. The van der Waals surface area contributed by atoms with Gasteiger partial charge in [0.2, 0.25) is 0 Å². The molecule has 0 bridgehead atoms. The van der Waals surface area contributed by atoms with E-state index in [1.54, 1.807) is 11.1 Å². The molecule has 1 unspecified atom stereocenters. The van der Waals surface area contributed by atoms with Crippen LogP contribution in [0.5, 0.6) is 0 Å². The van der Waals surface area contributed by atoms with Crippen molar-refractivity contribution in [2.75, 3.05) is 0 Å². The van der Waals surface area contributed by atoms with Gasteiger partial charge in [-0.3, -0.25) is 0 Å². The normalized spacial score (nSPS) is 15.7. The van der Waals surface area contributed by atoms with E-state index in [2.05, 4.69) is 48.5 Å². The molecule has 0 amide bonds. The highest BCUT2D eigenvalue weighted by Crippen LogP contribution is 2.31. The lowest BCUT2D eigenvalue weighted by molar-refractivity contribution is 0.555. The standard InChI is InChI=1S/C16H34Si/c1-8-14(5)12-15(6)16(7)13-17(9-2,10-3)11-4/h14H,8-13H2,1-7H3/b16-15+. The molecule has 0 aromatic carbocycles. The van der Waals surface area contributed by atoms with Crippen molar-refractivity contribution < 1.29 is 0 Å². The monoisotopic (exact) mass is 254 g/mol. The quantitative estimate of drug-likeness (QED) is 0.354. The molecule has 0 N–H and O–H groups in total. The highest BCUT2D eigenvalue weighted by molar-refractivity contribution is 6.80. The van der Waals surface area contributed by atoms with Crippen molar-refractivity contribution in [2.45, 2.75) is 85.5 Å². The Morgan fingerprint density at radius 2 is 1.35 bits per heavy atom. The Morgan fingerprint density at radius 1 is 0.882 bits per heavy atom. The van der Waals surface area contributed by atoms with Crippen LogP contribution < -0.4 is 0 Å². The van der Waals surface area contributed by atoms with Gasteiger partial charge in [-0.05, 0) is 32.2 Å². The number of allylic oxidation sites excluding steroid dienone is 2. The molecule has 0 aliphatic rings. The number of rotatable bonds is 8. The second-order valence-electron chi connectivity index (χ2n) is 6.02. The summed E-state index contributed by atoms with van der Waals surface area (Å²) in [6, 6.07) is 5.80. The van der Waals surface area contributed by atoms with Crippen molar-refractivity contribution in [1.29, 1.82) is 0 Å². The fraction of sp³-hybridized carbons (Fsp3) is 0.875. The summed E-state index contributed by atoms with van der Waals surface area (Å²) in [7, 11) is -0.962. The van der Waals surface area contributed by atoms with Gasteiger partial charge < -0.3 is 0 Å². The van der Waals surface area contributed by atoms with E-state index < -0.39 is 8.07 Å². The minimum Gasteiger partial charge on any atom is -0.0770 e. The third-order valence-electron chi connectivity index (χ3n) is 4.97. The Kier molecular flexibility index (Phi) is 8.11. The molecular formula is C16H34Si. The molecule has 0 aliphatic carbocycles. The van der Waals surface area contributed by atoms with Gasteiger partial charge in [-0.1, -0.05) is 70.3 Å². The lowest BCUT2D eigenvalue weighted by Gasteiger charge is -2.29. The molecule has 0 aromatic rings. The minimum absolute atomic E-state index is 0.853. The Bertz CT molecular complexity index is 228. The lowest BCUT2D eigenvalue weighted by Crippen LogP contribution is -2.31. The summed E-state index contributed by atoms with van der Waals surface area (Å²) in [5.41, 5.74) is 3.38. The summed E-state index contributed by atoms with van der Waals surface area (Å²) in [5.74, 6) is 0.853. The summed E-state index contributed by atoms with van der Waals surface area (Å²) >= 11 is 0. The van der Waals surface area contributed by atoms with E-state index in [4.69, 9.17) is 0 Å². The van der Waals surface area contributed by atoms with E-state index >= 15 is 0 Å². The van der Waals surface area contributed by atoms with Crippen LogP contribution in [0.25, 0.3) is 0 Å². The highest BCUT2D eigenvalue weighted by Gasteiger charge is 2.27. The maximum Gasteiger partial charge on any atom is 0.0567 e. The Balaban J connectivity index is 4.68. The molecule has 0 saturated carbocycles. The van der Waals surface area contributed by atoms with Gasteiger partial charge in [-0.15, -0.1) is 0 Å². The third-order valence-corrected chi connectivity index (χ3v) is 10.8. The fourth-order valence-corrected chi connectivity index (χ4v) is 6.36. The van der Waals surface area contributed by atoms with Crippen LogP contribution in [0.1, 0.15) is 61.3 Å². The van der Waals surface area contributed by atoms with E-state index in [9.17, 15) is 0 Å². The molecule has 0 rings (SSSR count). The molecule has 0 aromatic heterocycles. The van der Waals surface area contributed by atoms with Crippen LogP contribution >= 0.6 is 0 Å². The van der Waals surface area contributed by atoms with Crippen LogP contribution in [0.15, 0.2) is 11.1 Å². The summed E-state index contributed by atoms with van der Waals surface area (Å²) in [6.45, 7) is 16.7. The first-order chi connectivity index (χ1) is 7.94. The molecule has 0 fully saturated rings. The number of hydrogen-bond donors (Lipinski definition) is 0. The summed E-state index contributed by atoms with van der Waals surface area (Å²) in [6.07, 6.45) is 2.62. The molecule has 1 heteroatoms. The molecule has 0 saturated heterocycles. The largest absolute Gasteiger partial charge is 0.0770 e. The summed E-state index contributed by atoms with van der Waals surface area (Å²) < 4.78 is 0. The van der Waals surface area contributed by atoms with Crippen molar-refractivity contribution in [3.05, 3.63) is 11.1 Å². The van der Waals surface area contributed by atoms with E-state index in [0.29, 0.717) is 0 Å². The van der Waals surface area contributed by atoms with E-state index in [0.717, 1.165) is 5.92 Å². The topological polar surface area (TPSA) is 0 Å². The molecule has 0 nitrogen and oxygen atoms in total. The van der Waals surface area contributed by atoms with Crippen molar-refractivity contribution >= 4 is 8.07 Å². The van der Waals surface area contributed by atoms with E-state index in [-0.39, 0.29) is 0 Å². The first-order valence-electron chi connectivity index (χ1n) is 7.59. The molecular weight excluding hydrogens is 220 g/mol. The van der Waals surface area contributed by atoms with Gasteiger partial charge in [0.1, 0.15) is 0 Å². The average molecular weight is 255 g/mol. The van der Waals surface area contributed by atoms with E-state index in [1.165, 1.54) is 37.0 Å². The predicted octanol–water partition coefficient (Wildman–Crippen LogP) is 6.27. The van der Waals surface area contributed by atoms with Crippen molar-refractivity contribution in [1.82, 2.24) is 0 Å². The summed E-state index contributed by atoms with van der Waals surface area (Å²) in [5, 5.41) is 0. The maximum absolute atomic E-state index is 2.41. The van der Waals surface area contributed by atoms with Gasteiger partial charge in [0.05, 0.1) is 8.07 Å². The van der Waals surface area contributed by atoms with Gasteiger partial charge >= 0.3 is 0 Å². The SMILES string of the molecule is CCC(C)C/C(C)=C(\C)C[Si](CC)(CC)CC. The number of hydrogen-bond acceptors (Lipinski definition) is 0. The van der Waals surface area contributed by atoms with Gasteiger partial charge in [0, 0.05) is 0 Å². The average Bonchev–Trinajstić information content (AvgIpc) is 2.35. The van der Waals surface area contributed by atoms with Crippen LogP contribution in [0, 0.1) is 5.92 Å². The highest BCUT2D eigenvalue weighted by atomic mass is 28.3. The molecule has 0 radical (unpaired) electrons. The van der Waals surface area contributed by atoms with Gasteiger partial charge in [-0.25, -0.2) is 0 Å². The zero-order valence-electron chi connectivity index (χ0n) is 13.3. The summed E-state index contributed by atoms with van der Waals surface area (Å²) in [4.78, 5) is 0. The molecule has 102 valence electrons. The zero-order valence-corrected chi connectivity index (χ0v) is 14.3. The lowest BCUT2D eigenvalue weighted by atomic mass is 9.97. The Morgan fingerprint density at radius 3 is 1.71 bits per heavy atom. The predicted molar refractivity (Wildman–Crippen MR) is 84.5 cm³/mol. The van der Waals surface area contributed by atoms with Crippen molar-refractivity contribution in [2.24, 2.45) is 5.92 Å². The van der Waals surface area contributed by atoms with Gasteiger partial charge in [0.15, 0.2) is 0 Å². The first-order valence-corrected chi connectivity index (χ1v) is 10.4. The molecule has 0 heterocycles. The van der Waals surface area contributed by atoms with Crippen LogP contribution in [-0.2, 0) is 0 Å². The Hall–Kier alpha value is -0.0431. The molecule has 1 atom stereocenters. The molecule has 0 spiro atoms. The second-order valence-corrected chi connectivity index (χ2v) is 11.5. The van der Waals surface area contributed by atoms with Crippen LogP contribution in [-0.4, -0.2) is 8.07 Å². The van der Waals surface area contributed by atoms with E-state index in [1.807, 2.05) is 0 Å². The minimum atomic E-state index is -0.962. The van der Waals surface area contributed by atoms with Crippen LogP contribution in [0.4, 0.5) is 0 Å². The first kappa shape index (κ1) is 17.0. The van der Waals surface area contributed by atoms with Crippen LogP contribution in [0.3, 0.4) is 0 Å². The second kappa shape index (κ2) is 8.13. The zero-order chi connectivity index (χ0) is 13.5. The van der Waals surface area contributed by atoms with Gasteiger partial charge in [0.25, 0.3) is 0 Å². The van der Waals surface area contributed by atoms with Gasteiger partial charge in [-0.2, -0.15) is 0 Å². The Labute approximate surface area is 111 Å². The molecule has 17 heavy (non-hydrogen) atoms. The molecule has 0 aliphatic heterocycles.